The average Bonchev–Trinajstić information content (AvgIpc) is 2.54. The van der Waals surface area contributed by atoms with E-state index in [1.165, 1.54) is 29.8 Å². The molecule has 0 fully saturated rings. The Morgan fingerprint density at radius 3 is 2.67 bits per heavy atom. The maximum atomic E-state index is 12.6. The number of pyridine rings is 1. The molecule has 1 heterocycles. The number of ether oxygens (including phenoxy) is 1. The molecule has 0 aliphatic heterocycles. The fourth-order valence-electron chi connectivity index (χ4n) is 1.95. The molecule has 0 amide bonds. The largest absolute Gasteiger partial charge is 0.497 e. The van der Waals surface area contributed by atoms with Crippen molar-refractivity contribution < 1.29 is 13.2 Å². The van der Waals surface area contributed by atoms with Gasteiger partial charge in [-0.2, -0.15) is 0 Å². The van der Waals surface area contributed by atoms with Crippen molar-refractivity contribution in [1.29, 1.82) is 0 Å². The molecule has 1 aromatic carbocycles. The number of hydrogen-bond acceptors (Lipinski definition) is 5. The van der Waals surface area contributed by atoms with Gasteiger partial charge in [0, 0.05) is 26.0 Å². The van der Waals surface area contributed by atoms with Crippen molar-refractivity contribution in [3.05, 3.63) is 48.3 Å². The predicted octanol–water partition coefficient (Wildman–Crippen LogP) is 1.37. The van der Waals surface area contributed by atoms with Crippen molar-refractivity contribution in [3.8, 4) is 5.75 Å². The third-order valence-corrected chi connectivity index (χ3v) is 4.89. The van der Waals surface area contributed by atoms with Crippen molar-refractivity contribution in [1.82, 2.24) is 4.98 Å². The summed E-state index contributed by atoms with van der Waals surface area (Å²) >= 11 is 0. The summed E-state index contributed by atoms with van der Waals surface area (Å²) in [5, 5.41) is 0. The molecule has 0 aliphatic rings. The zero-order valence-electron chi connectivity index (χ0n) is 11.9. The highest BCUT2D eigenvalue weighted by Crippen LogP contribution is 2.28. The van der Waals surface area contributed by atoms with E-state index >= 15 is 0 Å². The first-order chi connectivity index (χ1) is 10.0. The first-order valence-electron chi connectivity index (χ1n) is 6.26. The number of methoxy groups -OCH3 is 1. The standard InChI is InChI=1S/C14H17N3O3S/c1-17(21(18,19)13-4-3-7-16-10-13)14-6-5-12(20-2)8-11(14)9-15/h3-8,10H,9,15H2,1-2H3. The van der Waals surface area contributed by atoms with Crippen molar-refractivity contribution in [2.45, 2.75) is 11.4 Å². The Labute approximate surface area is 124 Å². The Morgan fingerprint density at radius 2 is 2.10 bits per heavy atom. The summed E-state index contributed by atoms with van der Waals surface area (Å²) in [4.78, 5) is 3.98. The van der Waals surface area contributed by atoms with Crippen molar-refractivity contribution in [2.75, 3.05) is 18.5 Å². The number of benzene rings is 1. The van der Waals surface area contributed by atoms with Crippen molar-refractivity contribution in [3.63, 3.8) is 0 Å². The maximum Gasteiger partial charge on any atom is 0.265 e. The van der Waals surface area contributed by atoms with Gasteiger partial charge >= 0.3 is 0 Å². The number of hydrogen-bond donors (Lipinski definition) is 1. The van der Waals surface area contributed by atoms with E-state index in [9.17, 15) is 8.42 Å². The van der Waals surface area contributed by atoms with E-state index in [-0.39, 0.29) is 11.4 Å². The molecule has 2 aromatic rings. The third kappa shape index (κ3) is 2.98. The molecule has 6 nitrogen and oxygen atoms in total. The van der Waals surface area contributed by atoms with Gasteiger partial charge in [-0.25, -0.2) is 8.42 Å². The fourth-order valence-corrected chi connectivity index (χ4v) is 3.14. The number of nitrogens with two attached hydrogens (primary N) is 1. The second-order valence-electron chi connectivity index (χ2n) is 4.36. The first-order valence-corrected chi connectivity index (χ1v) is 7.70. The van der Waals surface area contributed by atoms with E-state index in [2.05, 4.69) is 4.98 Å². The SMILES string of the molecule is COc1ccc(N(C)S(=O)(=O)c2cccnc2)c(CN)c1. The topological polar surface area (TPSA) is 85.5 Å². The van der Waals surface area contributed by atoms with Crippen molar-refractivity contribution >= 4 is 15.7 Å². The van der Waals surface area contributed by atoms with Crippen LogP contribution in [0, 0.1) is 0 Å². The summed E-state index contributed by atoms with van der Waals surface area (Å²) in [6.45, 7) is 0.208. The molecule has 0 atom stereocenters. The molecule has 2 rings (SSSR count). The summed E-state index contributed by atoms with van der Waals surface area (Å²) in [7, 11) is -0.633. The summed E-state index contributed by atoms with van der Waals surface area (Å²) in [5.41, 5.74) is 6.91. The van der Waals surface area contributed by atoms with Crippen LogP contribution in [0.3, 0.4) is 0 Å². The van der Waals surface area contributed by atoms with Gasteiger partial charge < -0.3 is 10.5 Å². The van der Waals surface area contributed by atoms with E-state index in [4.69, 9.17) is 10.5 Å². The van der Waals surface area contributed by atoms with Crippen LogP contribution in [-0.4, -0.2) is 27.6 Å². The van der Waals surface area contributed by atoms with Gasteiger partial charge in [-0.15, -0.1) is 0 Å². The lowest BCUT2D eigenvalue weighted by atomic mass is 10.1. The molecule has 0 aliphatic carbocycles. The van der Waals surface area contributed by atoms with Crippen LogP contribution in [0.25, 0.3) is 0 Å². The van der Waals surface area contributed by atoms with Crippen LogP contribution < -0.4 is 14.8 Å². The summed E-state index contributed by atoms with van der Waals surface area (Å²) in [5.74, 6) is 0.631. The summed E-state index contributed by atoms with van der Waals surface area (Å²) in [6, 6.07) is 8.19. The minimum absolute atomic E-state index is 0.131. The van der Waals surface area contributed by atoms with Crippen LogP contribution in [-0.2, 0) is 16.6 Å². The monoisotopic (exact) mass is 307 g/mol. The zero-order chi connectivity index (χ0) is 15.5. The first kappa shape index (κ1) is 15.3. The molecule has 1 aromatic heterocycles. The molecule has 0 radical (unpaired) electrons. The normalized spacial score (nSPS) is 11.2. The Morgan fingerprint density at radius 1 is 1.33 bits per heavy atom. The second kappa shape index (κ2) is 6.11. The van der Waals surface area contributed by atoms with E-state index < -0.39 is 10.0 Å². The zero-order valence-corrected chi connectivity index (χ0v) is 12.7. The van der Waals surface area contributed by atoms with Gasteiger partial charge in [0.25, 0.3) is 10.0 Å². The number of aromatic nitrogens is 1. The lowest BCUT2D eigenvalue weighted by Crippen LogP contribution is -2.28. The molecular weight excluding hydrogens is 290 g/mol. The van der Waals surface area contributed by atoms with E-state index in [0.29, 0.717) is 17.0 Å². The fraction of sp³-hybridized carbons (Fsp3) is 0.214. The molecule has 112 valence electrons. The lowest BCUT2D eigenvalue weighted by molar-refractivity contribution is 0.414. The van der Waals surface area contributed by atoms with Gasteiger partial charge in [-0.1, -0.05) is 0 Å². The molecule has 0 saturated heterocycles. The Bertz CT molecular complexity index is 717. The highest BCUT2D eigenvalue weighted by Gasteiger charge is 2.23. The van der Waals surface area contributed by atoms with Gasteiger partial charge in [0.2, 0.25) is 0 Å². The van der Waals surface area contributed by atoms with E-state index in [0.717, 1.165) is 0 Å². The van der Waals surface area contributed by atoms with Crippen LogP contribution in [0.4, 0.5) is 5.69 Å². The van der Waals surface area contributed by atoms with Crippen LogP contribution in [0.5, 0.6) is 5.75 Å². The summed E-state index contributed by atoms with van der Waals surface area (Å²) < 4.78 is 31.5. The second-order valence-corrected chi connectivity index (χ2v) is 6.33. The number of anilines is 1. The number of nitrogens with zero attached hydrogens (tertiary/aromatic N) is 2. The molecular formula is C14H17N3O3S. The van der Waals surface area contributed by atoms with Gasteiger partial charge in [-0.3, -0.25) is 9.29 Å². The molecule has 2 N–H and O–H groups in total. The van der Waals surface area contributed by atoms with Gasteiger partial charge in [0.15, 0.2) is 0 Å². The number of sulfonamides is 1. The Kier molecular flexibility index (Phi) is 4.44. The Hall–Kier alpha value is -2.12. The quantitative estimate of drug-likeness (QED) is 0.902. The third-order valence-electron chi connectivity index (χ3n) is 3.14. The highest BCUT2D eigenvalue weighted by molar-refractivity contribution is 7.92. The number of rotatable bonds is 5. The molecule has 7 heteroatoms. The highest BCUT2D eigenvalue weighted by atomic mass is 32.2. The minimum Gasteiger partial charge on any atom is -0.497 e. The Balaban J connectivity index is 2.47. The maximum absolute atomic E-state index is 12.6. The van der Waals surface area contributed by atoms with E-state index in [1.54, 1.807) is 31.4 Å². The average molecular weight is 307 g/mol. The minimum atomic E-state index is -3.67. The van der Waals surface area contributed by atoms with Crippen molar-refractivity contribution in [2.24, 2.45) is 5.73 Å². The van der Waals surface area contributed by atoms with Gasteiger partial charge in [0.1, 0.15) is 10.6 Å². The van der Waals surface area contributed by atoms with Gasteiger partial charge in [-0.05, 0) is 35.9 Å². The predicted molar refractivity (Wildman–Crippen MR) is 80.7 cm³/mol. The van der Waals surface area contributed by atoms with Crippen LogP contribution in [0.2, 0.25) is 0 Å². The molecule has 0 bridgehead atoms. The summed E-state index contributed by atoms with van der Waals surface area (Å²) in [6.07, 6.45) is 2.84. The smallest absolute Gasteiger partial charge is 0.265 e. The van der Waals surface area contributed by atoms with Crippen LogP contribution in [0.15, 0.2) is 47.6 Å². The van der Waals surface area contributed by atoms with Gasteiger partial charge in [0.05, 0.1) is 12.8 Å². The van der Waals surface area contributed by atoms with Crippen LogP contribution in [0.1, 0.15) is 5.56 Å². The molecule has 0 saturated carbocycles. The lowest BCUT2D eigenvalue weighted by Gasteiger charge is -2.22. The molecule has 0 spiro atoms. The molecule has 21 heavy (non-hydrogen) atoms. The van der Waals surface area contributed by atoms with Crippen LogP contribution >= 0.6 is 0 Å². The molecule has 0 unspecified atom stereocenters. The van der Waals surface area contributed by atoms with E-state index in [1.807, 2.05) is 0 Å².